The first-order valence-electron chi connectivity index (χ1n) is 8.39. The third kappa shape index (κ3) is 4.00. The van der Waals surface area contributed by atoms with Crippen molar-refractivity contribution in [3.63, 3.8) is 0 Å². The van der Waals surface area contributed by atoms with E-state index >= 15 is 0 Å². The van der Waals surface area contributed by atoms with Gasteiger partial charge < -0.3 is 19.8 Å². The molecule has 0 bridgehead atoms. The Labute approximate surface area is 146 Å². The van der Waals surface area contributed by atoms with E-state index in [0.29, 0.717) is 31.9 Å². The molecule has 1 fully saturated rings. The van der Waals surface area contributed by atoms with E-state index < -0.39 is 5.97 Å². The van der Waals surface area contributed by atoms with Gasteiger partial charge in [-0.25, -0.2) is 4.79 Å². The van der Waals surface area contributed by atoms with Crippen LogP contribution in [0.5, 0.6) is 0 Å². The van der Waals surface area contributed by atoms with Crippen LogP contribution in [0.4, 0.5) is 5.69 Å². The fourth-order valence-corrected chi connectivity index (χ4v) is 2.98. The molecule has 25 heavy (non-hydrogen) atoms. The molecule has 1 saturated heterocycles. The van der Waals surface area contributed by atoms with Gasteiger partial charge >= 0.3 is 5.97 Å². The molecule has 2 heterocycles. The zero-order valence-corrected chi connectivity index (χ0v) is 14.6. The minimum absolute atomic E-state index is 0.126. The molecular weight excluding hydrogens is 322 g/mol. The van der Waals surface area contributed by atoms with Crippen molar-refractivity contribution in [1.29, 1.82) is 0 Å². The number of aromatic amines is 1. The monoisotopic (exact) mass is 345 g/mol. The summed E-state index contributed by atoms with van der Waals surface area (Å²) in [5, 5.41) is 3.69. The highest BCUT2D eigenvalue weighted by Crippen LogP contribution is 2.29. The predicted molar refractivity (Wildman–Crippen MR) is 94.9 cm³/mol. The van der Waals surface area contributed by atoms with Gasteiger partial charge in [0.25, 0.3) is 0 Å². The van der Waals surface area contributed by atoms with E-state index in [1.807, 2.05) is 25.1 Å². The molecule has 0 atom stereocenters. The fraction of sp³-hybridized carbons (Fsp3) is 0.444. The summed E-state index contributed by atoms with van der Waals surface area (Å²) in [6.45, 7) is 5.73. The molecular formula is C18H23N3O4. The Morgan fingerprint density at radius 3 is 2.80 bits per heavy atom. The van der Waals surface area contributed by atoms with Crippen LogP contribution in [-0.2, 0) is 14.3 Å². The Morgan fingerprint density at radius 2 is 2.08 bits per heavy atom. The molecule has 2 aromatic rings. The van der Waals surface area contributed by atoms with Crippen LogP contribution in [0, 0.1) is 6.92 Å². The number of carbonyl (C=O) groups is 2. The van der Waals surface area contributed by atoms with Crippen molar-refractivity contribution >= 4 is 28.5 Å². The number of H-pyrrole nitrogens is 1. The highest BCUT2D eigenvalue weighted by molar-refractivity contribution is 6.11. The van der Waals surface area contributed by atoms with Gasteiger partial charge in [-0.15, -0.1) is 0 Å². The highest BCUT2D eigenvalue weighted by atomic mass is 16.5. The molecule has 2 N–H and O–H groups in total. The summed E-state index contributed by atoms with van der Waals surface area (Å²) in [4.78, 5) is 29.7. The normalized spacial score (nSPS) is 15.3. The van der Waals surface area contributed by atoms with E-state index in [1.165, 1.54) is 7.11 Å². The van der Waals surface area contributed by atoms with Crippen molar-refractivity contribution in [3.05, 3.63) is 29.5 Å². The van der Waals surface area contributed by atoms with Gasteiger partial charge in [-0.2, -0.15) is 0 Å². The number of benzene rings is 1. The molecule has 1 aliphatic rings. The molecule has 1 amide bonds. The van der Waals surface area contributed by atoms with E-state index in [0.717, 1.165) is 29.6 Å². The molecule has 1 aromatic heterocycles. The minimum atomic E-state index is -0.502. The summed E-state index contributed by atoms with van der Waals surface area (Å²) in [5.41, 5.74) is 2.58. The maximum absolute atomic E-state index is 12.4. The number of fused-ring (bicyclic) bond motifs is 1. The average Bonchev–Trinajstić information content (AvgIpc) is 2.98. The molecule has 3 rings (SSSR count). The smallest absolute Gasteiger partial charge is 0.356 e. The quantitative estimate of drug-likeness (QED) is 0.809. The lowest BCUT2D eigenvalue weighted by molar-refractivity contribution is -0.116. The molecule has 0 radical (unpaired) electrons. The van der Waals surface area contributed by atoms with Crippen molar-refractivity contribution in [3.8, 4) is 0 Å². The summed E-state index contributed by atoms with van der Waals surface area (Å²) in [7, 11) is 1.32. The summed E-state index contributed by atoms with van der Waals surface area (Å²) in [5.74, 6) is -0.628. The number of anilines is 1. The summed E-state index contributed by atoms with van der Waals surface area (Å²) in [6, 6.07) is 5.78. The second kappa shape index (κ2) is 7.67. The third-order valence-corrected chi connectivity index (χ3v) is 4.37. The van der Waals surface area contributed by atoms with E-state index in [-0.39, 0.29) is 11.6 Å². The molecule has 134 valence electrons. The van der Waals surface area contributed by atoms with Crippen LogP contribution in [0.3, 0.4) is 0 Å². The van der Waals surface area contributed by atoms with Crippen molar-refractivity contribution in [1.82, 2.24) is 9.88 Å². The van der Waals surface area contributed by atoms with Gasteiger partial charge in [0.2, 0.25) is 5.91 Å². The maximum Gasteiger partial charge on any atom is 0.356 e. The molecule has 0 saturated carbocycles. The largest absolute Gasteiger partial charge is 0.464 e. The molecule has 1 aliphatic heterocycles. The van der Waals surface area contributed by atoms with Crippen LogP contribution in [0.25, 0.3) is 10.9 Å². The number of ether oxygens (including phenoxy) is 2. The van der Waals surface area contributed by atoms with Crippen LogP contribution < -0.4 is 5.32 Å². The maximum atomic E-state index is 12.4. The van der Waals surface area contributed by atoms with Crippen LogP contribution in [0.1, 0.15) is 22.5 Å². The van der Waals surface area contributed by atoms with Gasteiger partial charge in [0, 0.05) is 37.0 Å². The predicted octanol–water partition coefficient (Wildman–Crippen LogP) is 1.92. The van der Waals surface area contributed by atoms with Gasteiger partial charge in [-0.05, 0) is 19.1 Å². The van der Waals surface area contributed by atoms with Crippen molar-refractivity contribution < 1.29 is 19.1 Å². The lowest BCUT2D eigenvalue weighted by Gasteiger charge is -2.26. The first kappa shape index (κ1) is 17.4. The Kier molecular flexibility index (Phi) is 5.35. The number of methoxy groups -OCH3 is 1. The fourth-order valence-electron chi connectivity index (χ4n) is 2.98. The first-order valence-corrected chi connectivity index (χ1v) is 8.39. The zero-order valence-electron chi connectivity index (χ0n) is 14.6. The molecule has 7 heteroatoms. The Morgan fingerprint density at radius 1 is 1.32 bits per heavy atom. The van der Waals surface area contributed by atoms with Crippen LogP contribution >= 0.6 is 0 Å². The highest BCUT2D eigenvalue weighted by Gasteiger charge is 2.21. The summed E-state index contributed by atoms with van der Waals surface area (Å²) in [6.07, 6.45) is 0.360. The zero-order chi connectivity index (χ0) is 17.8. The topological polar surface area (TPSA) is 83.7 Å². The summed E-state index contributed by atoms with van der Waals surface area (Å²) >= 11 is 0. The number of esters is 1. The average molecular weight is 345 g/mol. The van der Waals surface area contributed by atoms with E-state index in [4.69, 9.17) is 9.47 Å². The van der Waals surface area contributed by atoms with Crippen LogP contribution in [0.15, 0.2) is 18.2 Å². The minimum Gasteiger partial charge on any atom is -0.464 e. The van der Waals surface area contributed by atoms with Crippen LogP contribution in [0.2, 0.25) is 0 Å². The second-order valence-corrected chi connectivity index (χ2v) is 6.17. The van der Waals surface area contributed by atoms with E-state index in [2.05, 4.69) is 15.2 Å². The molecule has 0 spiro atoms. The van der Waals surface area contributed by atoms with Gasteiger partial charge in [-0.3, -0.25) is 9.69 Å². The Bertz CT molecular complexity index is 778. The van der Waals surface area contributed by atoms with Crippen molar-refractivity contribution in [2.75, 3.05) is 45.3 Å². The number of hydrogen-bond donors (Lipinski definition) is 2. The number of hydrogen-bond acceptors (Lipinski definition) is 5. The summed E-state index contributed by atoms with van der Waals surface area (Å²) < 4.78 is 10.1. The number of aryl methyl sites for hydroxylation is 1. The van der Waals surface area contributed by atoms with E-state index in [9.17, 15) is 9.59 Å². The van der Waals surface area contributed by atoms with E-state index in [1.54, 1.807) is 0 Å². The molecule has 0 unspecified atom stereocenters. The number of rotatable bonds is 5. The number of carbonyl (C=O) groups excluding carboxylic acids is 2. The van der Waals surface area contributed by atoms with Crippen LogP contribution in [-0.4, -0.2) is 61.7 Å². The van der Waals surface area contributed by atoms with Crippen molar-refractivity contribution in [2.24, 2.45) is 0 Å². The number of nitrogens with zero attached hydrogens (tertiary/aromatic N) is 1. The molecule has 0 aliphatic carbocycles. The SMILES string of the molecule is COC(=O)c1[nH]c2ccc(C)cc2c1NC(=O)CCN1CCOCC1. The van der Waals surface area contributed by atoms with Gasteiger partial charge in [0.15, 0.2) is 0 Å². The van der Waals surface area contributed by atoms with Gasteiger partial charge in [0.1, 0.15) is 5.69 Å². The van der Waals surface area contributed by atoms with Crippen molar-refractivity contribution in [2.45, 2.75) is 13.3 Å². The number of aromatic nitrogens is 1. The second-order valence-electron chi connectivity index (χ2n) is 6.17. The first-order chi connectivity index (χ1) is 12.1. The Balaban J connectivity index is 1.77. The molecule has 7 nitrogen and oxygen atoms in total. The lowest BCUT2D eigenvalue weighted by atomic mass is 10.1. The number of morpholine rings is 1. The number of nitrogens with one attached hydrogen (secondary N) is 2. The third-order valence-electron chi connectivity index (χ3n) is 4.37. The number of amides is 1. The lowest BCUT2D eigenvalue weighted by Crippen LogP contribution is -2.38. The van der Waals surface area contributed by atoms with Gasteiger partial charge in [0.05, 0.1) is 26.0 Å². The molecule has 1 aromatic carbocycles. The standard InChI is InChI=1S/C18H23N3O4/c1-12-3-4-14-13(11-12)16(17(19-14)18(23)24-2)20-15(22)5-6-21-7-9-25-10-8-21/h3-4,11,19H,5-10H2,1-2H3,(H,20,22). The Hall–Kier alpha value is -2.38. The van der Waals surface area contributed by atoms with Gasteiger partial charge in [-0.1, -0.05) is 11.6 Å².